The van der Waals surface area contributed by atoms with Crippen molar-refractivity contribution < 1.29 is 28.2 Å². The average molecular weight is 460 g/mol. The summed E-state index contributed by atoms with van der Waals surface area (Å²) >= 11 is 6.01. The van der Waals surface area contributed by atoms with Gasteiger partial charge in [0.05, 0.1) is 5.69 Å². The Morgan fingerprint density at radius 3 is 2.50 bits per heavy atom. The standard InChI is InChI=1S/C24H23ClFNO5/c1-23(2,3)32-22(30)27-19-12-11-17(25)14-18(19)24(26,21(27)29)13-7-10-20(28)31-15-16-8-5-4-6-9-16/h4-12,14H,13,15H2,1-3H3/b10-7+/t24-/m1/s1. The van der Waals surface area contributed by atoms with Crippen molar-refractivity contribution in [3.8, 4) is 0 Å². The van der Waals surface area contributed by atoms with E-state index in [1.165, 1.54) is 24.3 Å². The molecule has 0 unspecified atom stereocenters. The summed E-state index contributed by atoms with van der Waals surface area (Å²) in [5, 5.41) is 0.205. The Hall–Kier alpha value is -3.19. The second kappa shape index (κ2) is 9.12. The number of hydrogen-bond donors (Lipinski definition) is 0. The summed E-state index contributed by atoms with van der Waals surface area (Å²) < 4.78 is 26.3. The van der Waals surface area contributed by atoms with Crippen molar-refractivity contribution in [3.05, 3.63) is 76.8 Å². The number of carbonyl (C=O) groups excluding carboxylic acids is 3. The lowest BCUT2D eigenvalue weighted by atomic mass is 9.93. The number of rotatable bonds is 5. The van der Waals surface area contributed by atoms with Crippen LogP contribution in [0.1, 0.15) is 38.3 Å². The number of alkyl halides is 1. The molecule has 0 spiro atoms. The minimum absolute atomic E-state index is 0.0520. The van der Waals surface area contributed by atoms with Gasteiger partial charge in [-0.25, -0.2) is 18.9 Å². The highest BCUT2D eigenvalue weighted by Crippen LogP contribution is 2.47. The maximum Gasteiger partial charge on any atom is 0.421 e. The largest absolute Gasteiger partial charge is 0.458 e. The molecule has 1 heterocycles. The first-order valence-corrected chi connectivity index (χ1v) is 10.3. The Kier molecular flexibility index (Phi) is 6.69. The number of imide groups is 1. The van der Waals surface area contributed by atoms with Crippen molar-refractivity contribution in [2.24, 2.45) is 0 Å². The monoisotopic (exact) mass is 459 g/mol. The summed E-state index contributed by atoms with van der Waals surface area (Å²) in [6, 6.07) is 13.2. The number of ether oxygens (including phenoxy) is 2. The van der Waals surface area contributed by atoms with Crippen LogP contribution in [0.3, 0.4) is 0 Å². The molecule has 0 saturated carbocycles. The molecule has 0 N–H and O–H groups in total. The van der Waals surface area contributed by atoms with E-state index in [9.17, 15) is 14.4 Å². The highest BCUT2D eigenvalue weighted by Gasteiger charge is 2.54. The molecule has 1 atom stereocenters. The Bertz CT molecular complexity index is 1060. The topological polar surface area (TPSA) is 72.9 Å². The van der Waals surface area contributed by atoms with Crippen LogP contribution in [0.25, 0.3) is 0 Å². The zero-order valence-electron chi connectivity index (χ0n) is 17.9. The SMILES string of the molecule is CC(C)(C)OC(=O)N1C(=O)[C@@](F)(C/C=C/C(=O)OCc2ccccc2)c2cc(Cl)ccc21. The molecule has 2 aromatic rings. The molecule has 0 aliphatic carbocycles. The quantitative estimate of drug-likeness (QED) is 0.437. The van der Waals surface area contributed by atoms with E-state index in [1.807, 2.05) is 18.2 Å². The molecule has 2 amide bonds. The molecule has 8 heteroatoms. The van der Waals surface area contributed by atoms with Gasteiger partial charge in [-0.1, -0.05) is 48.0 Å². The molecule has 0 bridgehead atoms. The summed E-state index contributed by atoms with van der Waals surface area (Å²) in [6.45, 7) is 4.98. The van der Waals surface area contributed by atoms with E-state index in [1.54, 1.807) is 32.9 Å². The summed E-state index contributed by atoms with van der Waals surface area (Å²) in [5.74, 6) is -1.79. The van der Waals surface area contributed by atoms with Gasteiger partial charge < -0.3 is 9.47 Å². The minimum atomic E-state index is -2.59. The van der Waals surface area contributed by atoms with Crippen LogP contribution in [0.2, 0.25) is 5.02 Å². The first-order valence-electron chi connectivity index (χ1n) is 9.95. The highest BCUT2D eigenvalue weighted by molar-refractivity contribution is 6.31. The van der Waals surface area contributed by atoms with Crippen LogP contribution in [0.4, 0.5) is 14.9 Å². The summed E-state index contributed by atoms with van der Waals surface area (Å²) in [7, 11) is 0. The van der Waals surface area contributed by atoms with Crippen LogP contribution >= 0.6 is 11.6 Å². The number of fused-ring (bicyclic) bond motifs is 1. The summed E-state index contributed by atoms with van der Waals surface area (Å²) in [4.78, 5) is 38.2. The molecule has 0 fully saturated rings. The minimum Gasteiger partial charge on any atom is -0.458 e. The molecule has 0 radical (unpaired) electrons. The fourth-order valence-electron chi connectivity index (χ4n) is 3.20. The van der Waals surface area contributed by atoms with Crippen LogP contribution in [-0.2, 0) is 31.3 Å². The van der Waals surface area contributed by atoms with E-state index in [4.69, 9.17) is 21.1 Å². The van der Waals surface area contributed by atoms with E-state index >= 15 is 4.39 Å². The van der Waals surface area contributed by atoms with Gasteiger partial charge in [-0.3, -0.25) is 4.79 Å². The third kappa shape index (κ3) is 5.16. The number of hydrogen-bond acceptors (Lipinski definition) is 5. The first-order chi connectivity index (χ1) is 15.0. The summed E-state index contributed by atoms with van der Waals surface area (Å²) in [6.07, 6.45) is 0.780. The van der Waals surface area contributed by atoms with Crippen LogP contribution in [0, 0.1) is 0 Å². The number of amides is 2. The highest BCUT2D eigenvalue weighted by atomic mass is 35.5. The number of nitrogens with zero attached hydrogens (tertiary/aromatic N) is 1. The Morgan fingerprint density at radius 2 is 1.84 bits per heavy atom. The van der Waals surface area contributed by atoms with Gasteiger partial charge in [0, 0.05) is 23.1 Å². The van der Waals surface area contributed by atoms with Crippen molar-refractivity contribution in [1.82, 2.24) is 0 Å². The zero-order valence-corrected chi connectivity index (χ0v) is 18.7. The van der Waals surface area contributed by atoms with Gasteiger partial charge in [0.25, 0.3) is 5.91 Å². The Balaban J connectivity index is 1.77. The second-order valence-corrected chi connectivity index (χ2v) is 8.72. The van der Waals surface area contributed by atoms with Crippen molar-refractivity contribution >= 4 is 35.3 Å². The molecule has 1 aliphatic rings. The number of anilines is 1. The van der Waals surface area contributed by atoms with Crippen molar-refractivity contribution in [1.29, 1.82) is 0 Å². The number of halogens is 2. The Morgan fingerprint density at radius 1 is 1.16 bits per heavy atom. The van der Waals surface area contributed by atoms with E-state index in [0.717, 1.165) is 11.6 Å². The van der Waals surface area contributed by atoms with E-state index in [2.05, 4.69) is 0 Å². The van der Waals surface area contributed by atoms with E-state index < -0.39 is 35.7 Å². The predicted molar refractivity (Wildman–Crippen MR) is 118 cm³/mol. The van der Waals surface area contributed by atoms with Gasteiger partial charge in [0.15, 0.2) is 0 Å². The Labute approximate surface area is 190 Å². The average Bonchev–Trinajstić information content (AvgIpc) is 2.93. The fourth-order valence-corrected chi connectivity index (χ4v) is 3.38. The first kappa shape index (κ1) is 23.5. The molecule has 2 aromatic carbocycles. The number of carbonyl (C=O) groups is 3. The molecule has 3 rings (SSSR count). The van der Waals surface area contributed by atoms with Crippen LogP contribution < -0.4 is 4.90 Å². The molecule has 0 aromatic heterocycles. The van der Waals surface area contributed by atoms with E-state index in [-0.39, 0.29) is 22.9 Å². The van der Waals surface area contributed by atoms with Gasteiger partial charge in [0.2, 0.25) is 5.67 Å². The molecule has 6 nitrogen and oxygen atoms in total. The predicted octanol–water partition coefficient (Wildman–Crippen LogP) is 5.48. The third-order valence-electron chi connectivity index (χ3n) is 4.62. The van der Waals surface area contributed by atoms with Gasteiger partial charge in [0.1, 0.15) is 12.2 Å². The molecular formula is C24H23ClFNO5. The van der Waals surface area contributed by atoms with Gasteiger partial charge in [-0.05, 0) is 44.5 Å². The number of allylic oxidation sites excluding steroid dienone is 1. The molecule has 1 aliphatic heterocycles. The van der Waals surface area contributed by atoms with Crippen molar-refractivity contribution in [2.45, 2.75) is 45.1 Å². The normalized spacial score (nSPS) is 18.0. The molecular weight excluding hydrogens is 437 g/mol. The van der Waals surface area contributed by atoms with Crippen LogP contribution in [0.5, 0.6) is 0 Å². The maximum absolute atomic E-state index is 16.0. The zero-order chi connectivity index (χ0) is 23.5. The molecule has 168 valence electrons. The summed E-state index contributed by atoms with van der Waals surface area (Å²) in [5.41, 5.74) is -2.68. The van der Waals surface area contributed by atoms with Crippen LogP contribution in [0.15, 0.2) is 60.7 Å². The van der Waals surface area contributed by atoms with Gasteiger partial charge in [-0.15, -0.1) is 0 Å². The lowest BCUT2D eigenvalue weighted by Crippen LogP contribution is -2.43. The van der Waals surface area contributed by atoms with E-state index in [0.29, 0.717) is 4.90 Å². The number of esters is 1. The van der Waals surface area contributed by atoms with Crippen molar-refractivity contribution in [3.63, 3.8) is 0 Å². The lowest BCUT2D eigenvalue weighted by molar-refractivity contribution is -0.139. The third-order valence-corrected chi connectivity index (χ3v) is 4.86. The molecule has 32 heavy (non-hydrogen) atoms. The van der Waals surface area contributed by atoms with Gasteiger partial charge >= 0.3 is 12.1 Å². The lowest BCUT2D eigenvalue weighted by Gasteiger charge is -2.24. The second-order valence-electron chi connectivity index (χ2n) is 8.28. The number of benzene rings is 2. The maximum atomic E-state index is 16.0. The fraction of sp³-hybridized carbons (Fsp3) is 0.292. The molecule has 0 saturated heterocycles. The smallest absolute Gasteiger partial charge is 0.421 e. The van der Waals surface area contributed by atoms with Crippen LogP contribution in [-0.4, -0.2) is 23.6 Å². The van der Waals surface area contributed by atoms with Gasteiger partial charge in [-0.2, -0.15) is 0 Å². The van der Waals surface area contributed by atoms with Crippen molar-refractivity contribution in [2.75, 3.05) is 4.90 Å².